The van der Waals surface area contributed by atoms with Crippen LogP contribution in [-0.2, 0) is 24.9 Å². The third-order valence-corrected chi connectivity index (χ3v) is 6.83. The molecule has 2 heterocycles. The number of nitrogens with one attached hydrogen (secondary N) is 1. The maximum absolute atomic E-state index is 12.5. The summed E-state index contributed by atoms with van der Waals surface area (Å²) in [5.74, 6) is 0.987. The number of fused-ring (bicyclic) bond motifs is 1. The van der Waals surface area contributed by atoms with E-state index in [1.807, 2.05) is 12.1 Å². The zero-order valence-electron chi connectivity index (χ0n) is 16.3. The van der Waals surface area contributed by atoms with Gasteiger partial charge >= 0.3 is 0 Å². The van der Waals surface area contributed by atoms with Crippen molar-refractivity contribution in [1.82, 2.24) is 4.98 Å². The summed E-state index contributed by atoms with van der Waals surface area (Å²) in [6.45, 7) is 4.22. The molecule has 4 heteroatoms. The fourth-order valence-corrected chi connectivity index (χ4v) is 5.08. The third kappa shape index (κ3) is 3.31. The number of aryl methyl sites for hydroxylation is 1. The average Bonchev–Trinajstić information content (AvgIpc) is 2.74. The molecular formula is C23H30N2O2. The lowest BCUT2D eigenvalue weighted by atomic mass is 9.69. The Morgan fingerprint density at radius 2 is 1.89 bits per heavy atom. The Balaban J connectivity index is 1.58. The Labute approximate surface area is 161 Å². The Kier molecular flexibility index (Phi) is 5.09. The van der Waals surface area contributed by atoms with Crippen LogP contribution in [0.3, 0.4) is 0 Å². The number of piperidine rings is 1. The highest BCUT2D eigenvalue weighted by molar-refractivity contribution is 5.46. The fourth-order valence-electron chi connectivity index (χ4n) is 5.08. The molecule has 1 aromatic carbocycles. The highest BCUT2D eigenvalue weighted by Crippen LogP contribution is 2.41. The first kappa shape index (κ1) is 18.3. The third-order valence-electron chi connectivity index (χ3n) is 6.83. The lowest BCUT2D eigenvalue weighted by molar-refractivity contribution is 0.267. The summed E-state index contributed by atoms with van der Waals surface area (Å²) < 4.78 is 0. The van der Waals surface area contributed by atoms with Crippen molar-refractivity contribution in [3.8, 4) is 0 Å². The van der Waals surface area contributed by atoms with Crippen molar-refractivity contribution in [2.24, 2.45) is 0 Å². The Hall–Kier alpha value is -2.07. The van der Waals surface area contributed by atoms with E-state index >= 15 is 0 Å². The maximum atomic E-state index is 12.5. The van der Waals surface area contributed by atoms with E-state index in [2.05, 4.69) is 35.0 Å². The largest absolute Gasteiger partial charge is 0.392 e. The average molecular weight is 367 g/mol. The number of aromatic amines is 1. The summed E-state index contributed by atoms with van der Waals surface area (Å²) >= 11 is 0. The van der Waals surface area contributed by atoms with Crippen molar-refractivity contribution in [3.05, 3.63) is 62.9 Å². The molecule has 27 heavy (non-hydrogen) atoms. The van der Waals surface area contributed by atoms with Gasteiger partial charge in [-0.15, -0.1) is 0 Å². The fraction of sp³-hybridized carbons (Fsp3) is 0.522. The molecule has 1 aliphatic heterocycles. The van der Waals surface area contributed by atoms with Crippen LogP contribution in [0.25, 0.3) is 0 Å². The van der Waals surface area contributed by atoms with Crippen molar-refractivity contribution in [2.75, 3.05) is 18.0 Å². The van der Waals surface area contributed by atoms with Crippen LogP contribution in [0.1, 0.15) is 61.3 Å². The number of nitrogens with zero attached hydrogens (tertiary/aromatic N) is 1. The van der Waals surface area contributed by atoms with Gasteiger partial charge in [-0.25, -0.2) is 0 Å². The molecule has 0 saturated carbocycles. The Morgan fingerprint density at radius 1 is 1.15 bits per heavy atom. The zero-order chi connectivity index (χ0) is 18.9. The number of pyridine rings is 1. The molecule has 0 spiro atoms. The van der Waals surface area contributed by atoms with Crippen LogP contribution in [0, 0.1) is 0 Å². The van der Waals surface area contributed by atoms with Gasteiger partial charge in [0.2, 0.25) is 0 Å². The predicted molar refractivity (Wildman–Crippen MR) is 109 cm³/mol. The summed E-state index contributed by atoms with van der Waals surface area (Å²) in [4.78, 5) is 18.0. The van der Waals surface area contributed by atoms with Gasteiger partial charge in [-0.1, -0.05) is 31.2 Å². The summed E-state index contributed by atoms with van der Waals surface area (Å²) in [6, 6.07) is 10.5. The van der Waals surface area contributed by atoms with Crippen LogP contribution in [0.5, 0.6) is 0 Å². The van der Waals surface area contributed by atoms with Gasteiger partial charge in [0.15, 0.2) is 0 Å². The standard InChI is InChI=1S/C23H30N2O2/c1-2-23(20-10-6-4-8-18(20)16-26)11-13-25(14-12-23)21-15-17-7-3-5-9-19(17)22(27)24-21/h4,6,8,10,15,26H,2-3,5,7,9,11-14,16H2,1H3,(H,24,27). The smallest absolute Gasteiger partial charge is 0.252 e. The van der Waals surface area contributed by atoms with Crippen molar-refractivity contribution >= 4 is 5.82 Å². The lowest BCUT2D eigenvalue weighted by Gasteiger charge is -2.43. The molecule has 2 aromatic rings. The number of H-pyrrole nitrogens is 1. The predicted octanol–water partition coefficient (Wildman–Crippen LogP) is 3.69. The van der Waals surface area contributed by atoms with Crippen LogP contribution < -0.4 is 10.5 Å². The van der Waals surface area contributed by atoms with Crippen molar-refractivity contribution in [2.45, 2.75) is 63.9 Å². The molecule has 0 amide bonds. The van der Waals surface area contributed by atoms with E-state index in [9.17, 15) is 9.90 Å². The number of hydrogen-bond donors (Lipinski definition) is 2. The van der Waals surface area contributed by atoms with Gasteiger partial charge in [-0.05, 0) is 73.1 Å². The molecule has 0 bridgehead atoms. The van der Waals surface area contributed by atoms with Crippen molar-refractivity contribution in [3.63, 3.8) is 0 Å². The molecule has 4 nitrogen and oxygen atoms in total. The molecule has 0 radical (unpaired) electrons. The van der Waals surface area contributed by atoms with Gasteiger partial charge in [-0.3, -0.25) is 4.79 Å². The molecule has 0 unspecified atom stereocenters. The summed E-state index contributed by atoms with van der Waals surface area (Å²) in [5.41, 5.74) is 4.83. The van der Waals surface area contributed by atoms with E-state index in [4.69, 9.17) is 0 Å². The molecule has 4 rings (SSSR count). The maximum Gasteiger partial charge on any atom is 0.252 e. The van der Waals surface area contributed by atoms with E-state index < -0.39 is 0 Å². The van der Waals surface area contributed by atoms with Gasteiger partial charge in [0, 0.05) is 18.7 Å². The molecule has 1 aliphatic carbocycles. The number of aliphatic hydroxyl groups is 1. The van der Waals surface area contributed by atoms with Crippen LogP contribution in [0.15, 0.2) is 35.1 Å². The van der Waals surface area contributed by atoms with E-state index in [0.717, 1.165) is 68.6 Å². The highest BCUT2D eigenvalue weighted by Gasteiger charge is 2.36. The van der Waals surface area contributed by atoms with Crippen LogP contribution in [0.2, 0.25) is 0 Å². The number of aromatic nitrogens is 1. The summed E-state index contributed by atoms with van der Waals surface area (Å²) in [7, 11) is 0. The van der Waals surface area contributed by atoms with Gasteiger partial charge in [-0.2, -0.15) is 0 Å². The number of hydrogen-bond acceptors (Lipinski definition) is 3. The highest BCUT2D eigenvalue weighted by atomic mass is 16.3. The summed E-state index contributed by atoms with van der Waals surface area (Å²) in [5, 5.41) is 9.78. The lowest BCUT2D eigenvalue weighted by Crippen LogP contribution is -2.43. The minimum absolute atomic E-state index is 0.0970. The van der Waals surface area contributed by atoms with E-state index in [0.29, 0.717) is 0 Å². The number of anilines is 1. The van der Waals surface area contributed by atoms with Crippen LogP contribution in [-0.4, -0.2) is 23.2 Å². The molecule has 2 N–H and O–H groups in total. The number of rotatable bonds is 4. The van der Waals surface area contributed by atoms with Crippen LogP contribution >= 0.6 is 0 Å². The van der Waals surface area contributed by atoms with Gasteiger partial charge < -0.3 is 15.0 Å². The normalized spacial score (nSPS) is 19.0. The van der Waals surface area contributed by atoms with Crippen molar-refractivity contribution in [1.29, 1.82) is 0 Å². The Morgan fingerprint density at radius 3 is 2.63 bits per heavy atom. The molecular weight excluding hydrogens is 336 g/mol. The topological polar surface area (TPSA) is 56.3 Å². The number of aliphatic hydroxyl groups excluding tert-OH is 1. The molecule has 0 atom stereocenters. The van der Waals surface area contributed by atoms with E-state index in [-0.39, 0.29) is 17.6 Å². The second-order valence-electron chi connectivity index (χ2n) is 8.13. The zero-order valence-corrected chi connectivity index (χ0v) is 16.3. The molecule has 1 saturated heterocycles. The first-order chi connectivity index (χ1) is 13.2. The van der Waals surface area contributed by atoms with Crippen molar-refractivity contribution < 1.29 is 5.11 Å². The number of benzene rings is 1. The quantitative estimate of drug-likeness (QED) is 0.868. The van der Waals surface area contributed by atoms with Gasteiger partial charge in [0.05, 0.1) is 6.61 Å². The first-order valence-corrected chi connectivity index (χ1v) is 10.4. The molecule has 1 fully saturated rings. The van der Waals surface area contributed by atoms with E-state index in [1.54, 1.807) is 0 Å². The van der Waals surface area contributed by atoms with E-state index in [1.165, 1.54) is 17.5 Å². The molecule has 144 valence electrons. The second-order valence-corrected chi connectivity index (χ2v) is 8.13. The van der Waals surface area contributed by atoms with Gasteiger partial charge in [0.1, 0.15) is 5.82 Å². The summed E-state index contributed by atoms with van der Waals surface area (Å²) in [6.07, 6.45) is 7.41. The monoisotopic (exact) mass is 366 g/mol. The molecule has 1 aromatic heterocycles. The van der Waals surface area contributed by atoms with Crippen LogP contribution in [0.4, 0.5) is 5.82 Å². The minimum Gasteiger partial charge on any atom is -0.392 e. The Bertz CT molecular complexity index is 863. The van der Waals surface area contributed by atoms with Gasteiger partial charge in [0.25, 0.3) is 5.56 Å². The SMILES string of the molecule is CCC1(c2ccccc2CO)CCN(c2cc3c(c(=O)[nH]2)CCCC3)CC1. The second kappa shape index (κ2) is 7.51. The molecule has 2 aliphatic rings. The first-order valence-electron chi connectivity index (χ1n) is 10.4. The minimum atomic E-state index is 0.0970.